The number of anilines is 1. The Labute approximate surface area is 99.3 Å². The van der Waals surface area contributed by atoms with Gasteiger partial charge in [-0.05, 0) is 30.3 Å². The van der Waals surface area contributed by atoms with E-state index in [1.807, 2.05) is 6.07 Å². The van der Waals surface area contributed by atoms with Gasteiger partial charge in [0.1, 0.15) is 5.76 Å². The summed E-state index contributed by atoms with van der Waals surface area (Å²) >= 11 is 0. The van der Waals surface area contributed by atoms with Crippen molar-refractivity contribution in [2.24, 2.45) is 5.14 Å². The van der Waals surface area contributed by atoms with Crippen molar-refractivity contribution in [3.05, 3.63) is 48.4 Å². The van der Waals surface area contributed by atoms with Gasteiger partial charge in [-0.3, -0.25) is 0 Å². The second-order valence-corrected chi connectivity index (χ2v) is 5.07. The van der Waals surface area contributed by atoms with Crippen LogP contribution >= 0.6 is 0 Å². The standard InChI is InChI=1S/C11H12N2O3S/c12-17(14,15)11-5-1-3-9(7-11)13-8-10-4-2-6-16-10/h1-7,13H,8H2,(H2,12,14,15). The normalized spacial score (nSPS) is 11.4. The van der Waals surface area contributed by atoms with Gasteiger partial charge in [0.25, 0.3) is 0 Å². The van der Waals surface area contributed by atoms with Crippen molar-refractivity contribution in [1.29, 1.82) is 0 Å². The van der Waals surface area contributed by atoms with Gasteiger partial charge in [-0.25, -0.2) is 13.6 Å². The fraction of sp³-hybridized carbons (Fsp3) is 0.0909. The zero-order chi connectivity index (χ0) is 12.3. The van der Waals surface area contributed by atoms with E-state index in [1.165, 1.54) is 12.1 Å². The fourth-order valence-corrected chi connectivity index (χ4v) is 1.94. The van der Waals surface area contributed by atoms with E-state index in [0.717, 1.165) is 5.76 Å². The summed E-state index contributed by atoms with van der Waals surface area (Å²) in [6.45, 7) is 0.487. The maximum absolute atomic E-state index is 11.1. The van der Waals surface area contributed by atoms with Gasteiger partial charge in [-0.2, -0.15) is 0 Å². The maximum Gasteiger partial charge on any atom is 0.238 e. The van der Waals surface area contributed by atoms with Gasteiger partial charge in [-0.15, -0.1) is 0 Å². The molecule has 17 heavy (non-hydrogen) atoms. The van der Waals surface area contributed by atoms with Crippen LogP contribution in [-0.4, -0.2) is 8.42 Å². The highest BCUT2D eigenvalue weighted by Crippen LogP contribution is 2.15. The van der Waals surface area contributed by atoms with E-state index in [9.17, 15) is 8.42 Å². The van der Waals surface area contributed by atoms with Crippen LogP contribution < -0.4 is 10.5 Å². The van der Waals surface area contributed by atoms with Crippen LogP contribution in [0.4, 0.5) is 5.69 Å². The summed E-state index contributed by atoms with van der Waals surface area (Å²) in [4.78, 5) is 0.0851. The molecule has 1 heterocycles. The number of nitrogens with two attached hydrogens (primary N) is 1. The summed E-state index contributed by atoms with van der Waals surface area (Å²) in [5, 5.41) is 8.09. The van der Waals surface area contributed by atoms with Crippen molar-refractivity contribution in [3.8, 4) is 0 Å². The lowest BCUT2D eigenvalue weighted by Gasteiger charge is -2.05. The molecule has 0 aliphatic rings. The van der Waals surface area contributed by atoms with Crippen LogP contribution in [0.1, 0.15) is 5.76 Å². The fourth-order valence-electron chi connectivity index (χ4n) is 1.39. The molecular weight excluding hydrogens is 240 g/mol. The van der Waals surface area contributed by atoms with E-state index in [0.29, 0.717) is 12.2 Å². The third kappa shape index (κ3) is 3.08. The average molecular weight is 252 g/mol. The highest BCUT2D eigenvalue weighted by molar-refractivity contribution is 7.89. The Kier molecular flexibility index (Phi) is 3.16. The SMILES string of the molecule is NS(=O)(=O)c1cccc(NCc2ccco2)c1. The number of furan rings is 1. The third-order valence-electron chi connectivity index (χ3n) is 2.21. The van der Waals surface area contributed by atoms with E-state index in [-0.39, 0.29) is 4.90 Å². The molecule has 0 spiro atoms. The smallest absolute Gasteiger partial charge is 0.238 e. The van der Waals surface area contributed by atoms with E-state index in [2.05, 4.69) is 5.32 Å². The van der Waals surface area contributed by atoms with Crippen molar-refractivity contribution >= 4 is 15.7 Å². The molecule has 5 nitrogen and oxygen atoms in total. The molecule has 6 heteroatoms. The molecule has 0 saturated carbocycles. The van der Waals surface area contributed by atoms with Gasteiger partial charge in [0, 0.05) is 5.69 Å². The van der Waals surface area contributed by atoms with Crippen molar-refractivity contribution in [2.45, 2.75) is 11.4 Å². The lowest BCUT2D eigenvalue weighted by molar-refractivity contribution is 0.518. The molecule has 3 N–H and O–H groups in total. The first kappa shape index (κ1) is 11.7. The highest BCUT2D eigenvalue weighted by Gasteiger charge is 2.07. The molecule has 0 aliphatic carbocycles. The van der Waals surface area contributed by atoms with Crippen molar-refractivity contribution in [1.82, 2.24) is 0 Å². The number of nitrogens with one attached hydrogen (secondary N) is 1. The first-order valence-corrected chi connectivity index (χ1v) is 6.49. The molecule has 0 aliphatic heterocycles. The Morgan fingerprint density at radius 3 is 2.71 bits per heavy atom. The van der Waals surface area contributed by atoms with E-state index in [1.54, 1.807) is 24.5 Å². The Hall–Kier alpha value is -1.79. The number of hydrogen-bond acceptors (Lipinski definition) is 4. The quantitative estimate of drug-likeness (QED) is 0.864. The van der Waals surface area contributed by atoms with Gasteiger partial charge in [-0.1, -0.05) is 6.07 Å². The molecule has 0 amide bonds. The van der Waals surface area contributed by atoms with E-state index < -0.39 is 10.0 Å². The Morgan fingerprint density at radius 2 is 2.06 bits per heavy atom. The maximum atomic E-state index is 11.1. The predicted molar refractivity (Wildman–Crippen MR) is 63.8 cm³/mol. The second-order valence-electron chi connectivity index (χ2n) is 3.51. The molecule has 0 atom stereocenters. The van der Waals surface area contributed by atoms with Gasteiger partial charge in [0.2, 0.25) is 10.0 Å². The lowest BCUT2D eigenvalue weighted by Crippen LogP contribution is -2.12. The Bertz CT molecular complexity index is 591. The summed E-state index contributed by atoms with van der Waals surface area (Å²) in [6.07, 6.45) is 1.58. The molecule has 90 valence electrons. The number of rotatable bonds is 4. The number of benzene rings is 1. The van der Waals surface area contributed by atoms with Crippen LogP contribution in [0.2, 0.25) is 0 Å². The number of sulfonamides is 1. The zero-order valence-corrected chi connectivity index (χ0v) is 9.78. The zero-order valence-electron chi connectivity index (χ0n) is 8.96. The minimum Gasteiger partial charge on any atom is -0.467 e. The van der Waals surface area contributed by atoms with Crippen LogP contribution in [-0.2, 0) is 16.6 Å². The van der Waals surface area contributed by atoms with Crippen LogP contribution in [0.5, 0.6) is 0 Å². The monoisotopic (exact) mass is 252 g/mol. The Morgan fingerprint density at radius 1 is 1.24 bits per heavy atom. The highest BCUT2D eigenvalue weighted by atomic mass is 32.2. The molecule has 0 bridgehead atoms. The topological polar surface area (TPSA) is 85.3 Å². The first-order chi connectivity index (χ1) is 8.05. The molecular formula is C11H12N2O3S. The Balaban J connectivity index is 2.12. The summed E-state index contributed by atoms with van der Waals surface area (Å²) < 4.78 is 27.4. The van der Waals surface area contributed by atoms with Gasteiger partial charge < -0.3 is 9.73 Å². The second kappa shape index (κ2) is 4.60. The van der Waals surface area contributed by atoms with Crippen LogP contribution in [0, 0.1) is 0 Å². The van der Waals surface area contributed by atoms with Gasteiger partial charge >= 0.3 is 0 Å². The number of hydrogen-bond donors (Lipinski definition) is 2. The van der Waals surface area contributed by atoms with Crippen LogP contribution in [0.25, 0.3) is 0 Å². The third-order valence-corrected chi connectivity index (χ3v) is 3.12. The predicted octanol–water partition coefficient (Wildman–Crippen LogP) is 1.54. The molecule has 0 unspecified atom stereocenters. The number of primary sulfonamides is 1. The van der Waals surface area contributed by atoms with Crippen LogP contribution in [0.15, 0.2) is 52.0 Å². The molecule has 2 rings (SSSR count). The van der Waals surface area contributed by atoms with Crippen molar-refractivity contribution in [3.63, 3.8) is 0 Å². The van der Waals surface area contributed by atoms with Crippen LogP contribution in [0.3, 0.4) is 0 Å². The van der Waals surface area contributed by atoms with Crippen molar-refractivity contribution < 1.29 is 12.8 Å². The summed E-state index contributed by atoms with van der Waals surface area (Å²) in [7, 11) is -3.66. The molecule has 1 aromatic carbocycles. The molecule has 0 saturated heterocycles. The molecule has 0 radical (unpaired) electrons. The molecule has 1 aromatic heterocycles. The van der Waals surface area contributed by atoms with Gasteiger partial charge in [0.05, 0.1) is 17.7 Å². The summed E-state index contributed by atoms with van der Waals surface area (Å²) in [5.74, 6) is 0.769. The first-order valence-electron chi connectivity index (χ1n) is 4.95. The summed E-state index contributed by atoms with van der Waals surface area (Å²) in [5.41, 5.74) is 0.674. The summed E-state index contributed by atoms with van der Waals surface area (Å²) in [6, 6.07) is 9.95. The molecule has 2 aromatic rings. The lowest BCUT2D eigenvalue weighted by atomic mass is 10.3. The minimum absolute atomic E-state index is 0.0851. The molecule has 0 fully saturated rings. The minimum atomic E-state index is -3.66. The largest absolute Gasteiger partial charge is 0.467 e. The van der Waals surface area contributed by atoms with E-state index >= 15 is 0 Å². The van der Waals surface area contributed by atoms with Crippen molar-refractivity contribution in [2.75, 3.05) is 5.32 Å². The van der Waals surface area contributed by atoms with Gasteiger partial charge in [0.15, 0.2) is 0 Å². The van der Waals surface area contributed by atoms with E-state index in [4.69, 9.17) is 9.56 Å². The average Bonchev–Trinajstić information content (AvgIpc) is 2.78.